The minimum Gasteiger partial charge on any atom is -0.490 e. The lowest BCUT2D eigenvalue weighted by Crippen LogP contribution is -2.24. The molecule has 0 bridgehead atoms. The Balaban J connectivity index is 1.53. The normalized spacial score (nSPS) is 12.4. The summed E-state index contributed by atoms with van der Waals surface area (Å²) in [6.07, 6.45) is 5.61. The number of benzene rings is 2. The molecule has 0 unspecified atom stereocenters. The van der Waals surface area contributed by atoms with Crippen LogP contribution in [0.4, 0.5) is 5.69 Å². The fourth-order valence-electron chi connectivity index (χ4n) is 4.63. The number of anilines is 1. The minimum absolute atomic E-state index is 0.0216. The summed E-state index contributed by atoms with van der Waals surface area (Å²) >= 11 is 0. The van der Waals surface area contributed by atoms with E-state index < -0.39 is 5.60 Å². The molecule has 0 saturated carbocycles. The Bertz CT molecular complexity index is 1490. The molecule has 47 heavy (non-hydrogen) atoms. The first-order chi connectivity index (χ1) is 22.7. The molecule has 1 heterocycles. The van der Waals surface area contributed by atoms with E-state index >= 15 is 0 Å². The molecule has 0 atom stereocenters. The summed E-state index contributed by atoms with van der Waals surface area (Å²) in [5.74, 6) is 1.48. The van der Waals surface area contributed by atoms with Crippen LogP contribution < -0.4 is 14.4 Å². The van der Waals surface area contributed by atoms with Crippen LogP contribution in [0.15, 0.2) is 65.9 Å². The fourth-order valence-corrected chi connectivity index (χ4v) is 4.63. The smallest absolute Gasteiger partial charge is 0.308 e. The number of ether oxygens (including phenoxy) is 6. The van der Waals surface area contributed by atoms with E-state index in [-0.39, 0.29) is 18.0 Å². The quantitative estimate of drug-likeness (QED) is 0.101. The van der Waals surface area contributed by atoms with Crippen LogP contribution in [-0.4, -0.2) is 70.9 Å². The summed E-state index contributed by atoms with van der Waals surface area (Å²) in [4.78, 5) is 13.9. The lowest BCUT2D eigenvalue weighted by molar-refractivity contribution is -0.156. The van der Waals surface area contributed by atoms with Crippen LogP contribution in [0.25, 0.3) is 11.6 Å². The highest BCUT2D eigenvalue weighted by molar-refractivity contribution is 5.87. The van der Waals surface area contributed by atoms with E-state index in [9.17, 15) is 15.3 Å². The van der Waals surface area contributed by atoms with Crippen LogP contribution in [0.5, 0.6) is 11.5 Å². The third-order valence-electron chi connectivity index (χ3n) is 6.84. The molecule has 0 saturated heterocycles. The molecule has 3 rings (SSSR count). The van der Waals surface area contributed by atoms with Crippen molar-refractivity contribution in [2.75, 3.05) is 64.2 Å². The van der Waals surface area contributed by atoms with Crippen LogP contribution in [0.3, 0.4) is 0 Å². The second kappa shape index (κ2) is 19.1. The van der Waals surface area contributed by atoms with Gasteiger partial charge in [0.05, 0.1) is 46.1 Å². The lowest BCUT2D eigenvalue weighted by atomic mass is 9.97. The van der Waals surface area contributed by atoms with Gasteiger partial charge < -0.3 is 33.3 Å². The van der Waals surface area contributed by atoms with E-state index in [1.165, 1.54) is 0 Å². The number of hydrogen-bond acceptors (Lipinski definition) is 10. The standard InChI is InChI=1S/C37H45N3O7/c1-6-40(7-2)30-14-12-28(13-15-31-25-33(29(26-38)27-39)32-10-8-9-11-34(32)46-31)35(24-30)45-23-22-44-21-20-43-19-18-42-17-16-36(41)47-37(3,4)5/h8-15,24-25H,6-7,16-23H2,1-5H3/b15-13+. The third-order valence-corrected chi connectivity index (χ3v) is 6.84. The Labute approximate surface area is 278 Å². The van der Waals surface area contributed by atoms with Crippen molar-refractivity contribution in [1.82, 2.24) is 0 Å². The van der Waals surface area contributed by atoms with Gasteiger partial charge in [-0.05, 0) is 71.0 Å². The molecule has 2 aromatic rings. The van der Waals surface area contributed by atoms with E-state index in [0.717, 1.165) is 24.3 Å². The van der Waals surface area contributed by atoms with Gasteiger partial charge in [0.25, 0.3) is 0 Å². The average molecular weight is 644 g/mol. The molecule has 1 aliphatic heterocycles. The molecule has 1 aliphatic rings. The van der Waals surface area contributed by atoms with Gasteiger partial charge >= 0.3 is 5.97 Å². The number of allylic oxidation sites excluding steroid dienone is 4. The first-order valence-electron chi connectivity index (χ1n) is 15.9. The van der Waals surface area contributed by atoms with E-state index in [1.807, 2.05) is 75.4 Å². The number of rotatable bonds is 18. The Kier molecular flexibility index (Phi) is 15.0. The zero-order valence-corrected chi connectivity index (χ0v) is 28.0. The van der Waals surface area contributed by atoms with Crippen molar-refractivity contribution < 1.29 is 33.2 Å². The first-order valence-corrected chi connectivity index (χ1v) is 15.9. The van der Waals surface area contributed by atoms with Crippen molar-refractivity contribution in [2.24, 2.45) is 0 Å². The molecule has 0 amide bonds. The molecule has 0 fully saturated rings. The van der Waals surface area contributed by atoms with Crippen LogP contribution in [0.1, 0.15) is 52.2 Å². The Hall–Kier alpha value is -4.61. The summed E-state index contributed by atoms with van der Waals surface area (Å²) < 4.78 is 34.2. The van der Waals surface area contributed by atoms with E-state index in [4.69, 9.17) is 28.4 Å². The molecular formula is C37H45N3O7. The van der Waals surface area contributed by atoms with Crippen LogP contribution in [0.2, 0.25) is 0 Å². The van der Waals surface area contributed by atoms with Crippen molar-refractivity contribution in [2.45, 2.75) is 46.6 Å². The summed E-state index contributed by atoms with van der Waals surface area (Å²) in [6.45, 7) is 14.0. The number of esters is 1. The number of carbonyl (C=O) groups is 1. The number of hydrogen-bond donors (Lipinski definition) is 0. The van der Waals surface area contributed by atoms with E-state index in [2.05, 4.69) is 24.8 Å². The van der Waals surface area contributed by atoms with Gasteiger partial charge in [0, 0.05) is 41.5 Å². The van der Waals surface area contributed by atoms with Crippen molar-refractivity contribution in [3.63, 3.8) is 0 Å². The van der Waals surface area contributed by atoms with Gasteiger partial charge in [0.1, 0.15) is 47.2 Å². The number of para-hydroxylation sites is 1. The summed E-state index contributed by atoms with van der Waals surface area (Å²) in [5.41, 5.74) is 2.63. The van der Waals surface area contributed by atoms with Crippen LogP contribution in [0, 0.1) is 22.7 Å². The molecule has 10 nitrogen and oxygen atoms in total. The van der Waals surface area contributed by atoms with Crippen molar-refractivity contribution in [3.05, 3.63) is 77.1 Å². The average Bonchev–Trinajstić information content (AvgIpc) is 3.05. The Morgan fingerprint density at radius 1 is 0.872 bits per heavy atom. The van der Waals surface area contributed by atoms with Gasteiger partial charge in [-0.25, -0.2) is 0 Å². The Morgan fingerprint density at radius 2 is 1.51 bits per heavy atom. The number of carbonyl (C=O) groups excluding carboxylic acids is 1. The highest BCUT2D eigenvalue weighted by Gasteiger charge is 2.19. The molecular weight excluding hydrogens is 598 g/mol. The number of fused-ring (bicyclic) bond motifs is 1. The van der Waals surface area contributed by atoms with Crippen LogP contribution in [-0.2, 0) is 23.7 Å². The molecule has 0 N–H and O–H groups in total. The Morgan fingerprint density at radius 3 is 2.15 bits per heavy atom. The summed E-state index contributed by atoms with van der Waals surface area (Å²) in [6, 6.07) is 17.4. The molecule has 0 radical (unpaired) electrons. The predicted octanol–water partition coefficient (Wildman–Crippen LogP) is 6.48. The van der Waals surface area contributed by atoms with Crippen molar-refractivity contribution >= 4 is 23.3 Å². The molecule has 0 aliphatic carbocycles. The summed E-state index contributed by atoms with van der Waals surface area (Å²) in [5, 5.41) is 19.0. The maximum atomic E-state index is 11.7. The fraction of sp³-hybridized carbons (Fsp3) is 0.432. The molecule has 0 aromatic heterocycles. The monoisotopic (exact) mass is 643 g/mol. The minimum atomic E-state index is -0.497. The van der Waals surface area contributed by atoms with Crippen molar-refractivity contribution in [1.29, 1.82) is 10.5 Å². The SMILES string of the molecule is CCN(CC)c1ccc(/C=C/C2=CC(=C(C#N)C#N)c3ccccc3O2)c(OCCOCCOCCOCCC(=O)OC(C)(C)C)c1. The van der Waals surface area contributed by atoms with Crippen molar-refractivity contribution in [3.8, 4) is 23.6 Å². The van der Waals surface area contributed by atoms with Gasteiger partial charge in [-0.1, -0.05) is 18.2 Å². The van der Waals surface area contributed by atoms with E-state index in [0.29, 0.717) is 74.6 Å². The number of nitrogens with zero attached hydrogens (tertiary/aromatic N) is 3. The van der Waals surface area contributed by atoms with Gasteiger partial charge in [-0.2, -0.15) is 10.5 Å². The van der Waals surface area contributed by atoms with E-state index in [1.54, 1.807) is 12.2 Å². The van der Waals surface area contributed by atoms with Gasteiger partial charge in [-0.3, -0.25) is 4.79 Å². The topological polar surface area (TPSA) is 123 Å². The predicted molar refractivity (Wildman–Crippen MR) is 181 cm³/mol. The number of nitriles is 2. The zero-order valence-electron chi connectivity index (χ0n) is 28.0. The zero-order chi connectivity index (χ0) is 34.1. The summed E-state index contributed by atoms with van der Waals surface area (Å²) in [7, 11) is 0. The molecule has 10 heteroatoms. The maximum absolute atomic E-state index is 11.7. The highest BCUT2D eigenvalue weighted by Crippen LogP contribution is 2.36. The lowest BCUT2D eigenvalue weighted by Gasteiger charge is -2.22. The second-order valence-corrected chi connectivity index (χ2v) is 11.4. The molecule has 2 aromatic carbocycles. The molecule has 250 valence electrons. The van der Waals surface area contributed by atoms with Crippen LogP contribution >= 0.6 is 0 Å². The maximum Gasteiger partial charge on any atom is 0.308 e. The molecule has 0 spiro atoms. The third kappa shape index (κ3) is 12.3. The van der Waals surface area contributed by atoms with Gasteiger partial charge in [0.15, 0.2) is 0 Å². The highest BCUT2D eigenvalue weighted by atomic mass is 16.6. The first kappa shape index (κ1) is 36.9. The largest absolute Gasteiger partial charge is 0.490 e. The second-order valence-electron chi connectivity index (χ2n) is 11.4. The van der Waals surface area contributed by atoms with Gasteiger partial charge in [0.2, 0.25) is 0 Å². The van der Waals surface area contributed by atoms with Gasteiger partial charge in [-0.15, -0.1) is 0 Å².